The van der Waals surface area contributed by atoms with Gasteiger partial charge in [-0.1, -0.05) is 90.4 Å². The third kappa shape index (κ3) is 24.2. The minimum atomic E-state index is -0.955. The van der Waals surface area contributed by atoms with Crippen LogP contribution >= 0.6 is 0 Å². The van der Waals surface area contributed by atoms with Gasteiger partial charge in [0.15, 0.2) is 0 Å². The molecule has 0 aliphatic carbocycles. The molecule has 0 radical (unpaired) electrons. The third-order valence-electron chi connectivity index (χ3n) is 4.30. The van der Waals surface area contributed by atoms with Crippen LogP contribution in [0.5, 0.6) is 0 Å². The zero-order chi connectivity index (χ0) is 17.9. The molecule has 0 atom stereocenters. The summed E-state index contributed by atoms with van der Waals surface area (Å²) in [6.45, 7) is 2.69. The van der Waals surface area contributed by atoms with Gasteiger partial charge in [-0.05, 0) is 6.42 Å². The molecule has 0 rings (SSSR count). The maximum atomic E-state index is 11.2. The normalized spacial score (nSPS) is 10.3. The van der Waals surface area contributed by atoms with Crippen molar-refractivity contribution in [1.82, 2.24) is 0 Å². The van der Waals surface area contributed by atoms with E-state index in [0.29, 0.717) is 6.61 Å². The molecule has 0 unspecified atom stereocenters. The minimum absolute atomic E-state index is 0. The number of unbranched alkanes of at least 4 members (excludes halogenated alkanes) is 13. The van der Waals surface area contributed by atoms with Gasteiger partial charge in [0, 0.05) is 0 Å². The van der Waals surface area contributed by atoms with Crippen molar-refractivity contribution in [2.45, 2.75) is 110 Å². The van der Waals surface area contributed by atoms with E-state index in [-0.39, 0.29) is 50.6 Å². The van der Waals surface area contributed by atoms with Crippen LogP contribution in [0.1, 0.15) is 110 Å². The van der Waals surface area contributed by atoms with E-state index in [1.165, 1.54) is 77.0 Å². The van der Waals surface area contributed by atoms with Crippen LogP contribution in [0.4, 0.5) is 0 Å². The molecule has 146 valence electrons. The summed E-state index contributed by atoms with van der Waals surface area (Å²) in [5.41, 5.74) is 0. The zero-order valence-corrected chi connectivity index (χ0v) is 15.7. The Labute approximate surface area is 184 Å². The molecule has 0 aromatic heterocycles. The predicted octanol–water partition coefficient (Wildman–Crippen LogP) is 4.96. The Morgan fingerprint density at radius 3 is 1.48 bits per heavy atom. The van der Waals surface area contributed by atoms with Gasteiger partial charge in [0.05, 0.1) is 19.4 Å². The molecule has 0 spiro atoms. The summed E-state index contributed by atoms with van der Waals surface area (Å²) in [5.74, 6) is -1.35. The molecule has 5 heteroatoms. The van der Waals surface area contributed by atoms with Crippen molar-refractivity contribution < 1.29 is 19.4 Å². The Hall–Kier alpha value is 0.200. The van der Waals surface area contributed by atoms with Crippen molar-refractivity contribution in [1.29, 1.82) is 0 Å². The number of rotatable bonds is 18. The van der Waals surface area contributed by atoms with Crippen LogP contribution in [0, 0.1) is 0 Å². The monoisotopic (exact) mass is 384 g/mol. The van der Waals surface area contributed by atoms with Gasteiger partial charge < -0.3 is 9.84 Å². The van der Waals surface area contributed by atoms with E-state index < -0.39 is 11.9 Å². The van der Waals surface area contributed by atoms with Gasteiger partial charge in [-0.3, -0.25) is 9.59 Å². The molecule has 0 saturated carbocycles. The van der Waals surface area contributed by atoms with Crippen LogP contribution in [0.3, 0.4) is 0 Å². The van der Waals surface area contributed by atoms with Crippen LogP contribution in [0.2, 0.25) is 0 Å². The molecule has 0 saturated heterocycles. The second-order valence-corrected chi connectivity index (χ2v) is 6.71. The fourth-order valence-electron chi connectivity index (χ4n) is 2.76. The fourth-order valence-corrected chi connectivity index (χ4v) is 2.76. The number of ether oxygens (including phenoxy) is 1. The van der Waals surface area contributed by atoms with Crippen molar-refractivity contribution in [2.24, 2.45) is 0 Å². The van der Waals surface area contributed by atoms with Crippen molar-refractivity contribution in [2.75, 3.05) is 6.61 Å². The van der Waals surface area contributed by atoms with Crippen LogP contribution < -0.4 is 0 Å². The first-order valence-corrected chi connectivity index (χ1v) is 10.0. The van der Waals surface area contributed by atoms with Crippen molar-refractivity contribution in [3.8, 4) is 0 Å². The number of carboxylic acids is 1. The molecule has 0 fully saturated rings. The van der Waals surface area contributed by atoms with E-state index in [9.17, 15) is 9.59 Å². The Morgan fingerprint density at radius 1 is 0.680 bits per heavy atom. The second kappa shape index (κ2) is 22.2. The van der Waals surface area contributed by atoms with Crippen LogP contribution in [-0.4, -0.2) is 61.4 Å². The summed E-state index contributed by atoms with van der Waals surface area (Å²) in [6, 6.07) is 0. The van der Waals surface area contributed by atoms with E-state index in [1.807, 2.05) is 0 Å². The van der Waals surface area contributed by atoms with E-state index in [4.69, 9.17) is 9.84 Å². The van der Waals surface area contributed by atoms with Crippen molar-refractivity contribution >= 4 is 49.7 Å². The fraction of sp³-hybridized carbons (Fsp3) is 0.900. The molecular weight excluding hydrogens is 344 g/mol. The summed E-state index contributed by atoms with van der Waals surface area (Å²) in [5, 5.41) is 8.46. The first-order valence-electron chi connectivity index (χ1n) is 10.0. The van der Waals surface area contributed by atoms with E-state index in [1.54, 1.807) is 0 Å². The van der Waals surface area contributed by atoms with Gasteiger partial charge in [0.25, 0.3) is 0 Å². The van der Waals surface area contributed by atoms with Crippen LogP contribution in [0.15, 0.2) is 0 Å². The Morgan fingerprint density at radius 2 is 1.08 bits per heavy atom. The van der Waals surface area contributed by atoms with Gasteiger partial charge >= 0.3 is 49.7 Å². The summed E-state index contributed by atoms with van der Waals surface area (Å²) in [6.07, 6.45) is 18.0. The van der Waals surface area contributed by atoms with Gasteiger partial charge in [-0.2, -0.15) is 0 Å². The third-order valence-corrected chi connectivity index (χ3v) is 4.30. The number of carbonyl (C=O) groups is 2. The van der Waals surface area contributed by atoms with Gasteiger partial charge in [0.2, 0.25) is 0 Å². The number of esters is 1. The Bertz CT molecular complexity index is 308. The molecule has 0 aromatic carbocycles. The van der Waals surface area contributed by atoms with Crippen molar-refractivity contribution in [3.63, 3.8) is 0 Å². The number of hydrogen-bond donors (Lipinski definition) is 1. The summed E-state index contributed by atoms with van der Waals surface area (Å²) >= 11 is 0. The van der Waals surface area contributed by atoms with Gasteiger partial charge in [-0.15, -0.1) is 0 Å². The topological polar surface area (TPSA) is 63.6 Å². The first-order chi connectivity index (χ1) is 11.7. The summed E-state index contributed by atoms with van der Waals surface area (Å²) in [7, 11) is 0. The predicted molar refractivity (Wildman–Crippen MR) is 107 cm³/mol. The van der Waals surface area contributed by atoms with E-state index in [2.05, 4.69) is 6.92 Å². The number of hydrogen-bond acceptors (Lipinski definition) is 3. The summed E-state index contributed by atoms with van der Waals surface area (Å²) in [4.78, 5) is 21.5. The van der Waals surface area contributed by atoms with E-state index in [0.717, 1.165) is 12.8 Å². The molecule has 4 nitrogen and oxygen atoms in total. The molecule has 0 heterocycles. The maximum absolute atomic E-state index is 11.2. The Kier molecular flexibility index (Phi) is 24.4. The molecule has 1 N–H and O–H groups in total. The molecule has 25 heavy (non-hydrogen) atoms. The standard InChI is InChI=1S/C20H38O4.Ca.2H/c1-2-3-4-5-6-7-8-9-10-11-12-13-14-15-18-24-20(23)17-16-19(21)22;;;/h2-18H2,1H3,(H,21,22);;;. The number of aliphatic carboxylic acids is 1. The number of carboxylic acid groups (broad SMARTS) is 1. The van der Waals surface area contributed by atoms with Crippen LogP contribution in [-0.2, 0) is 14.3 Å². The number of carbonyl (C=O) groups excluding carboxylic acids is 1. The quantitative estimate of drug-likeness (QED) is 0.206. The first kappa shape index (κ1) is 27.4. The SMILES string of the molecule is CCCCCCCCCCCCCCCCOC(=O)CCC(=O)O.[CaH2]. The average molecular weight is 385 g/mol. The Balaban J connectivity index is 0. The molecular formula is C20H40CaO4. The molecule has 0 aliphatic heterocycles. The second-order valence-electron chi connectivity index (χ2n) is 6.71. The molecule has 0 aromatic rings. The molecule has 0 amide bonds. The zero-order valence-electron chi connectivity index (χ0n) is 15.7. The molecule has 0 bridgehead atoms. The van der Waals surface area contributed by atoms with Gasteiger partial charge in [-0.25, -0.2) is 0 Å². The average Bonchev–Trinajstić information content (AvgIpc) is 2.56. The molecule has 0 aliphatic rings. The summed E-state index contributed by atoms with van der Waals surface area (Å²) < 4.78 is 5.00. The van der Waals surface area contributed by atoms with E-state index >= 15 is 0 Å². The van der Waals surface area contributed by atoms with Crippen molar-refractivity contribution in [3.05, 3.63) is 0 Å². The van der Waals surface area contributed by atoms with Gasteiger partial charge in [0.1, 0.15) is 0 Å². The van der Waals surface area contributed by atoms with Crippen LogP contribution in [0.25, 0.3) is 0 Å².